The lowest BCUT2D eigenvalue weighted by atomic mass is 10.1. The smallest absolute Gasteiger partial charge is 0.276 e. The molecule has 2 aromatic heterocycles. The first-order chi connectivity index (χ1) is 16.0. The highest BCUT2D eigenvalue weighted by Gasteiger charge is 2.15. The molecule has 0 saturated heterocycles. The number of benzene rings is 3. The third kappa shape index (κ3) is 4.28. The second-order valence-corrected chi connectivity index (χ2v) is 8.87. The Labute approximate surface area is 198 Å². The van der Waals surface area contributed by atoms with Gasteiger partial charge in [-0.3, -0.25) is 14.9 Å². The highest BCUT2D eigenvalue weighted by molar-refractivity contribution is 7.22. The van der Waals surface area contributed by atoms with Gasteiger partial charge in [0.25, 0.3) is 11.8 Å². The minimum atomic E-state index is -0.341. The van der Waals surface area contributed by atoms with E-state index in [1.54, 1.807) is 30.3 Å². The molecule has 3 aromatic carbocycles. The van der Waals surface area contributed by atoms with Crippen molar-refractivity contribution in [1.29, 1.82) is 0 Å². The van der Waals surface area contributed by atoms with Crippen molar-refractivity contribution in [1.82, 2.24) is 9.97 Å². The molecule has 0 atom stereocenters. The summed E-state index contributed by atoms with van der Waals surface area (Å²) in [6.45, 7) is 1.88. The molecule has 0 radical (unpaired) electrons. The number of carbonyl (C=O) groups is 2. The summed E-state index contributed by atoms with van der Waals surface area (Å²) >= 11 is 7.51. The number of nitrogens with one attached hydrogen (secondary N) is 2. The van der Waals surface area contributed by atoms with Gasteiger partial charge < -0.3 is 5.32 Å². The molecule has 0 aliphatic rings. The maximum absolute atomic E-state index is 12.8. The first kappa shape index (κ1) is 21.1. The second kappa shape index (κ2) is 8.61. The zero-order chi connectivity index (χ0) is 22.9. The van der Waals surface area contributed by atoms with Crippen LogP contribution >= 0.6 is 22.9 Å². The fourth-order valence-corrected chi connectivity index (χ4v) is 4.62. The molecule has 0 saturated carbocycles. The molecule has 0 unspecified atom stereocenters. The molecule has 5 aromatic rings. The van der Waals surface area contributed by atoms with E-state index in [2.05, 4.69) is 20.6 Å². The number of aryl methyl sites for hydroxylation is 1. The van der Waals surface area contributed by atoms with Crippen molar-refractivity contribution in [2.24, 2.45) is 0 Å². The minimum absolute atomic E-state index is 0.271. The number of aromatic nitrogens is 2. The number of amides is 2. The van der Waals surface area contributed by atoms with Crippen molar-refractivity contribution < 1.29 is 9.59 Å². The van der Waals surface area contributed by atoms with Crippen molar-refractivity contribution in [3.63, 3.8) is 0 Å². The average Bonchev–Trinajstić information content (AvgIpc) is 3.22. The topological polar surface area (TPSA) is 84.0 Å². The van der Waals surface area contributed by atoms with E-state index >= 15 is 0 Å². The number of fused-ring (bicyclic) bond motifs is 2. The molecule has 2 heterocycles. The Morgan fingerprint density at radius 3 is 2.55 bits per heavy atom. The predicted octanol–water partition coefficient (Wildman–Crippen LogP) is 6.31. The van der Waals surface area contributed by atoms with Crippen LogP contribution in [-0.2, 0) is 0 Å². The Balaban J connectivity index is 1.36. The van der Waals surface area contributed by atoms with Crippen molar-refractivity contribution >= 4 is 66.7 Å². The quantitative estimate of drug-likeness (QED) is 0.321. The fraction of sp³-hybridized carbons (Fsp3) is 0.0400. The number of halogens is 1. The lowest BCUT2D eigenvalue weighted by Crippen LogP contribution is -2.13. The summed E-state index contributed by atoms with van der Waals surface area (Å²) in [6, 6.07) is 21.8. The molecule has 2 N–H and O–H groups in total. The Kier molecular flexibility index (Phi) is 5.50. The van der Waals surface area contributed by atoms with Crippen LogP contribution in [0.3, 0.4) is 0 Å². The molecule has 0 spiro atoms. The SMILES string of the molecule is Cc1cccc(Cl)c1NC(=O)c1ccc2nc(NC(=O)c3ccc4ccccc4n3)sc2c1. The third-order valence-electron chi connectivity index (χ3n) is 5.16. The normalized spacial score (nSPS) is 11.0. The Hall–Kier alpha value is -3.81. The van der Waals surface area contributed by atoms with E-state index in [0.717, 1.165) is 21.2 Å². The number of thiazole rings is 1. The maximum atomic E-state index is 12.8. The number of nitrogens with zero attached hydrogens (tertiary/aromatic N) is 2. The van der Waals surface area contributed by atoms with E-state index < -0.39 is 0 Å². The summed E-state index contributed by atoms with van der Waals surface area (Å²) in [6.07, 6.45) is 0. The number of rotatable bonds is 4. The lowest BCUT2D eigenvalue weighted by Gasteiger charge is -2.10. The van der Waals surface area contributed by atoms with E-state index in [1.165, 1.54) is 11.3 Å². The summed E-state index contributed by atoms with van der Waals surface area (Å²) in [4.78, 5) is 34.3. The molecule has 8 heteroatoms. The summed E-state index contributed by atoms with van der Waals surface area (Å²) in [5, 5.41) is 7.55. The van der Waals surface area contributed by atoms with Gasteiger partial charge in [0, 0.05) is 10.9 Å². The van der Waals surface area contributed by atoms with Crippen LogP contribution in [-0.4, -0.2) is 21.8 Å². The Bertz CT molecular complexity index is 1530. The van der Waals surface area contributed by atoms with Crippen LogP contribution in [0.2, 0.25) is 5.02 Å². The first-order valence-corrected chi connectivity index (χ1v) is 11.3. The Morgan fingerprint density at radius 1 is 0.848 bits per heavy atom. The zero-order valence-corrected chi connectivity index (χ0v) is 19.0. The van der Waals surface area contributed by atoms with Gasteiger partial charge in [-0.15, -0.1) is 0 Å². The van der Waals surface area contributed by atoms with E-state index in [4.69, 9.17) is 11.6 Å². The van der Waals surface area contributed by atoms with E-state index in [9.17, 15) is 9.59 Å². The highest BCUT2D eigenvalue weighted by atomic mass is 35.5. The molecule has 0 fully saturated rings. The molecule has 0 bridgehead atoms. The largest absolute Gasteiger partial charge is 0.320 e. The lowest BCUT2D eigenvalue weighted by molar-refractivity contribution is 0.101. The van der Waals surface area contributed by atoms with Crippen molar-refractivity contribution in [3.05, 3.63) is 94.6 Å². The monoisotopic (exact) mass is 472 g/mol. The number of para-hydroxylation sites is 2. The summed E-state index contributed by atoms with van der Waals surface area (Å²) < 4.78 is 0.778. The first-order valence-electron chi connectivity index (χ1n) is 10.1. The molecular weight excluding hydrogens is 456 g/mol. The number of hydrogen-bond acceptors (Lipinski definition) is 5. The van der Waals surface area contributed by atoms with Crippen LogP contribution in [0.1, 0.15) is 26.4 Å². The van der Waals surface area contributed by atoms with Gasteiger partial charge >= 0.3 is 0 Å². The van der Waals surface area contributed by atoms with Gasteiger partial charge in [-0.05, 0) is 48.9 Å². The fourth-order valence-electron chi connectivity index (χ4n) is 3.45. The van der Waals surface area contributed by atoms with Crippen LogP contribution < -0.4 is 10.6 Å². The van der Waals surface area contributed by atoms with Gasteiger partial charge in [0.1, 0.15) is 5.69 Å². The van der Waals surface area contributed by atoms with Crippen LogP contribution in [0.25, 0.3) is 21.1 Å². The highest BCUT2D eigenvalue weighted by Crippen LogP contribution is 2.29. The summed E-state index contributed by atoms with van der Waals surface area (Å²) in [5.41, 5.74) is 3.68. The van der Waals surface area contributed by atoms with Crippen LogP contribution in [0, 0.1) is 6.92 Å². The zero-order valence-electron chi connectivity index (χ0n) is 17.4. The molecule has 162 valence electrons. The number of hydrogen-bond donors (Lipinski definition) is 2. The van der Waals surface area contributed by atoms with Gasteiger partial charge in [0.05, 0.1) is 26.4 Å². The predicted molar refractivity (Wildman–Crippen MR) is 133 cm³/mol. The van der Waals surface area contributed by atoms with E-state index in [0.29, 0.717) is 32.6 Å². The third-order valence-corrected chi connectivity index (χ3v) is 6.41. The van der Waals surface area contributed by atoms with Gasteiger partial charge in [-0.1, -0.05) is 59.3 Å². The van der Waals surface area contributed by atoms with Gasteiger partial charge in [0.15, 0.2) is 5.13 Å². The molecule has 0 aliphatic heterocycles. The molecular formula is C25H17ClN4O2S. The van der Waals surface area contributed by atoms with E-state index in [-0.39, 0.29) is 11.8 Å². The number of pyridine rings is 1. The van der Waals surface area contributed by atoms with Crippen LogP contribution in [0.4, 0.5) is 10.8 Å². The van der Waals surface area contributed by atoms with Gasteiger partial charge in [0.2, 0.25) is 0 Å². The Morgan fingerprint density at radius 2 is 1.70 bits per heavy atom. The van der Waals surface area contributed by atoms with Crippen molar-refractivity contribution in [3.8, 4) is 0 Å². The molecule has 0 aliphatic carbocycles. The van der Waals surface area contributed by atoms with Crippen LogP contribution in [0.5, 0.6) is 0 Å². The molecule has 5 rings (SSSR count). The van der Waals surface area contributed by atoms with E-state index in [1.807, 2.05) is 49.4 Å². The molecule has 2 amide bonds. The average molecular weight is 473 g/mol. The maximum Gasteiger partial charge on any atom is 0.276 e. The van der Waals surface area contributed by atoms with Gasteiger partial charge in [-0.25, -0.2) is 9.97 Å². The minimum Gasteiger partial charge on any atom is -0.320 e. The van der Waals surface area contributed by atoms with Crippen molar-refractivity contribution in [2.75, 3.05) is 10.6 Å². The molecule has 33 heavy (non-hydrogen) atoms. The number of carbonyl (C=O) groups excluding carboxylic acids is 2. The summed E-state index contributed by atoms with van der Waals surface area (Å²) in [7, 11) is 0. The van der Waals surface area contributed by atoms with Gasteiger partial charge in [-0.2, -0.15) is 0 Å². The second-order valence-electron chi connectivity index (χ2n) is 7.43. The molecule has 6 nitrogen and oxygen atoms in total. The van der Waals surface area contributed by atoms with Crippen LogP contribution in [0.15, 0.2) is 72.8 Å². The standard InChI is InChI=1S/C25H17ClN4O2S/c1-14-5-4-7-17(26)22(14)29-23(31)16-10-11-19-21(13-16)33-25(28-19)30-24(32)20-12-9-15-6-2-3-8-18(15)27-20/h2-13H,1H3,(H,29,31)(H,28,30,32). The number of anilines is 2. The summed E-state index contributed by atoms with van der Waals surface area (Å²) in [5.74, 6) is -0.612. The van der Waals surface area contributed by atoms with Crippen molar-refractivity contribution in [2.45, 2.75) is 6.92 Å².